The number of aromatic nitrogens is 2. The van der Waals surface area contributed by atoms with Crippen molar-refractivity contribution >= 4 is 62.5 Å². The summed E-state index contributed by atoms with van der Waals surface area (Å²) in [6.07, 6.45) is -0.769. The second-order valence-corrected chi connectivity index (χ2v) is 18.3. The lowest BCUT2D eigenvalue weighted by atomic mass is 10.0. The number of piperidine rings is 2. The minimum atomic E-state index is -4.71. The van der Waals surface area contributed by atoms with Crippen molar-refractivity contribution in [1.29, 1.82) is 0 Å². The number of carbonyl (C=O) groups excluding carboxylic acids is 4. The normalized spacial score (nSPS) is 19.3. The van der Waals surface area contributed by atoms with Gasteiger partial charge in [0.1, 0.15) is 17.4 Å². The molecule has 0 bridgehead atoms. The number of rotatable bonds is 12. The van der Waals surface area contributed by atoms with E-state index in [1.807, 2.05) is 30.3 Å². The Labute approximate surface area is 362 Å². The van der Waals surface area contributed by atoms with E-state index < -0.39 is 57.3 Å². The number of imide groups is 2. The molecule has 1 unspecified atom stereocenters. The Bertz CT molecular complexity index is 2530. The molecule has 8 rings (SSSR count). The average molecular weight is 889 g/mol. The zero-order chi connectivity index (χ0) is 44.6. The van der Waals surface area contributed by atoms with Crippen LogP contribution in [0.5, 0.6) is 0 Å². The molecular formula is C43H47F3N10O6S. The number of nitrogens with one attached hydrogen (secondary N) is 3. The van der Waals surface area contributed by atoms with Gasteiger partial charge in [-0.05, 0) is 78.9 Å². The number of hydrogen-bond donors (Lipinski definition) is 3. The Morgan fingerprint density at radius 1 is 0.857 bits per heavy atom. The lowest BCUT2D eigenvalue weighted by Crippen LogP contribution is -2.54. The second-order valence-electron chi connectivity index (χ2n) is 16.2. The van der Waals surface area contributed by atoms with Crippen molar-refractivity contribution in [2.24, 2.45) is 0 Å². The van der Waals surface area contributed by atoms with Crippen LogP contribution in [0.4, 0.5) is 42.0 Å². The van der Waals surface area contributed by atoms with Crippen LogP contribution >= 0.6 is 0 Å². The molecule has 1 aromatic heterocycles. The standard InChI is InChI=1S/C43H47F3N10O6S/c1-52(63(2,61)62)32-5-3-4-27(22-32)24-47-38-35(43(44,45)46)25-48-42(51-38)49-29-7-9-30(10-8-29)54-16-14-31(15-17-54)55-20-18-53(19-21-55)26-28-6-11-33-34(23-28)41(60)56(40(33)59)36-12-13-37(57)50-39(36)58/h3-11,22-23,25,31,36H,12-21,24,26H2,1-2H3,(H,50,57,58)(H2,47,48,49,51). The molecule has 4 aliphatic rings. The van der Waals surface area contributed by atoms with Crippen LogP contribution < -0.4 is 25.2 Å². The lowest BCUT2D eigenvalue weighted by molar-refractivity contribution is -0.138. The first-order valence-corrected chi connectivity index (χ1v) is 22.5. The lowest BCUT2D eigenvalue weighted by Gasteiger charge is -2.43. The first-order valence-electron chi connectivity index (χ1n) is 20.7. The SMILES string of the molecule is CN(c1cccc(CNc2nc(Nc3ccc(N4CCC(N5CCN(Cc6ccc7c(c6)C(=O)N(C6CCC(=O)NC6=O)C7=O)CC5)CC4)cc3)ncc2C(F)(F)F)c1)S(C)(=O)=O. The first kappa shape index (κ1) is 43.5. The van der Waals surface area contributed by atoms with Gasteiger partial charge in [-0.2, -0.15) is 18.2 Å². The number of benzene rings is 3. The average Bonchev–Trinajstić information content (AvgIpc) is 3.50. The van der Waals surface area contributed by atoms with Crippen LogP contribution in [0.15, 0.2) is 72.9 Å². The third kappa shape index (κ3) is 9.62. The molecule has 0 spiro atoms. The van der Waals surface area contributed by atoms with Gasteiger partial charge in [-0.25, -0.2) is 13.4 Å². The maximum absolute atomic E-state index is 13.9. The Hall–Kier alpha value is -6.12. The molecule has 4 aromatic rings. The molecule has 0 saturated carbocycles. The summed E-state index contributed by atoms with van der Waals surface area (Å²) in [5, 5.41) is 7.98. The van der Waals surface area contributed by atoms with Crippen molar-refractivity contribution in [3.05, 3.63) is 101 Å². The molecule has 0 radical (unpaired) electrons. The number of amides is 4. The van der Waals surface area contributed by atoms with Crippen LogP contribution in [0.1, 0.15) is 63.1 Å². The Morgan fingerprint density at radius 2 is 1.57 bits per heavy atom. The number of sulfonamides is 1. The molecule has 3 aromatic carbocycles. The Balaban J connectivity index is 0.813. The van der Waals surface area contributed by atoms with Crippen molar-refractivity contribution in [3.63, 3.8) is 0 Å². The maximum atomic E-state index is 13.9. The zero-order valence-electron chi connectivity index (χ0n) is 34.7. The Morgan fingerprint density at radius 3 is 2.25 bits per heavy atom. The van der Waals surface area contributed by atoms with E-state index in [-0.39, 0.29) is 36.5 Å². The summed E-state index contributed by atoms with van der Waals surface area (Å²) in [5.74, 6) is -2.51. The first-order chi connectivity index (χ1) is 30.0. The van der Waals surface area contributed by atoms with Gasteiger partial charge in [0, 0.05) is 89.4 Å². The molecule has 332 valence electrons. The van der Waals surface area contributed by atoms with E-state index in [1.165, 1.54) is 7.05 Å². The highest BCUT2D eigenvalue weighted by molar-refractivity contribution is 7.92. The molecule has 16 nitrogen and oxygen atoms in total. The number of nitrogens with zero attached hydrogens (tertiary/aromatic N) is 7. The molecule has 1 atom stereocenters. The van der Waals surface area contributed by atoms with E-state index in [9.17, 15) is 40.8 Å². The molecule has 0 aliphatic carbocycles. The van der Waals surface area contributed by atoms with Crippen LogP contribution in [0.25, 0.3) is 0 Å². The molecular weight excluding hydrogens is 842 g/mol. The summed E-state index contributed by atoms with van der Waals surface area (Å²) in [4.78, 5) is 66.7. The summed E-state index contributed by atoms with van der Waals surface area (Å²) < 4.78 is 66.9. The summed E-state index contributed by atoms with van der Waals surface area (Å²) in [5.41, 5.74) is 2.99. The number of piperazine rings is 1. The minimum absolute atomic E-state index is 0.0260. The number of anilines is 5. The van der Waals surface area contributed by atoms with E-state index >= 15 is 0 Å². The van der Waals surface area contributed by atoms with Gasteiger partial charge in [-0.1, -0.05) is 18.2 Å². The predicted molar refractivity (Wildman–Crippen MR) is 229 cm³/mol. The van der Waals surface area contributed by atoms with Crippen LogP contribution in [0.2, 0.25) is 0 Å². The highest BCUT2D eigenvalue weighted by Gasteiger charge is 2.45. The fourth-order valence-corrected chi connectivity index (χ4v) is 9.06. The Kier molecular flexibility index (Phi) is 12.1. The number of alkyl halides is 3. The molecule has 3 saturated heterocycles. The summed E-state index contributed by atoms with van der Waals surface area (Å²) in [6, 6.07) is 18.8. The summed E-state index contributed by atoms with van der Waals surface area (Å²) >= 11 is 0. The molecule has 3 fully saturated rings. The van der Waals surface area contributed by atoms with E-state index in [4.69, 9.17) is 0 Å². The molecule has 3 N–H and O–H groups in total. The van der Waals surface area contributed by atoms with Gasteiger partial charge in [0.25, 0.3) is 11.8 Å². The quantitative estimate of drug-likeness (QED) is 0.170. The smallest absolute Gasteiger partial charge is 0.371 e. The van der Waals surface area contributed by atoms with E-state index in [0.717, 1.165) is 85.0 Å². The van der Waals surface area contributed by atoms with Crippen LogP contribution in [-0.2, 0) is 38.9 Å². The maximum Gasteiger partial charge on any atom is 0.421 e. The molecule has 4 amide bonds. The van der Waals surface area contributed by atoms with Crippen molar-refractivity contribution in [3.8, 4) is 0 Å². The fourth-order valence-electron chi connectivity index (χ4n) is 8.56. The monoisotopic (exact) mass is 888 g/mol. The molecule has 4 aliphatic heterocycles. The molecule has 5 heterocycles. The number of halogens is 3. The number of carbonyl (C=O) groups is 4. The second kappa shape index (κ2) is 17.6. The summed E-state index contributed by atoms with van der Waals surface area (Å²) in [6.45, 7) is 5.79. The largest absolute Gasteiger partial charge is 0.421 e. The van der Waals surface area contributed by atoms with E-state index in [0.29, 0.717) is 29.5 Å². The zero-order valence-corrected chi connectivity index (χ0v) is 35.5. The van der Waals surface area contributed by atoms with E-state index in [1.54, 1.807) is 36.4 Å². The number of fused-ring (bicyclic) bond motifs is 1. The minimum Gasteiger partial charge on any atom is -0.371 e. The predicted octanol–water partition coefficient (Wildman–Crippen LogP) is 4.43. The van der Waals surface area contributed by atoms with Gasteiger partial charge in [-0.3, -0.25) is 43.5 Å². The van der Waals surface area contributed by atoms with Crippen LogP contribution in [0.3, 0.4) is 0 Å². The molecule has 63 heavy (non-hydrogen) atoms. The van der Waals surface area contributed by atoms with Gasteiger partial charge in [0.15, 0.2) is 0 Å². The summed E-state index contributed by atoms with van der Waals surface area (Å²) in [7, 11) is -2.13. The van der Waals surface area contributed by atoms with Gasteiger partial charge in [0.2, 0.25) is 27.8 Å². The topological polar surface area (TPSA) is 180 Å². The van der Waals surface area contributed by atoms with Crippen molar-refractivity contribution in [2.75, 3.05) is 72.4 Å². The third-order valence-electron chi connectivity index (χ3n) is 12.1. The molecule has 20 heteroatoms. The van der Waals surface area contributed by atoms with Crippen LogP contribution in [-0.4, -0.2) is 121 Å². The highest BCUT2D eigenvalue weighted by atomic mass is 32.2. The van der Waals surface area contributed by atoms with Gasteiger partial charge in [0.05, 0.1) is 23.1 Å². The van der Waals surface area contributed by atoms with Gasteiger partial charge in [-0.15, -0.1) is 0 Å². The third-order valence-corrected chi connectivity index (χ3v) is 13.3. The number of hydrogen-bond acceptors (Lipinski definition) is 13. The van der Waals surface area contributed by atoms with Gasteiger partial charge < -0.3 is 15.5 Å². The fraction of sp³-hybridized carbons (Fsp3) is 0.395. The van der Waals surface area contributed by atoms with E-state index in [2.05, 4.69) is 40.6 Å². The van der Waals surface area contributed by atoms with Crippen molar-refractivity contribution in [2.45, 2.75) is 57.0 Å². The van der Waals surface area contributed by atoms with Crippen molar-refractivity contribution in [1.82, 2.24) is 30.0 Å². The highest BCUT2D eigenvalue weighted by Crippen LogP contribution is 2.35. The van der Waals surface area contributed by atoms with Gasteiger partial charge >= 0.3 is 6.18 Å². The van der Waals surface area contributed by atoms with Crippen LogP contribution in [0, 0.1) is 0 Å². The van der Waals surface area contributed by atoms with Crippen molar-refractivity contribution < 1.29 is 40.8 Å².